The molecule has 128 valence electrons. The molecule has 2 rings (SSSR count). The molecule has 0 aromatic heterocycles. The Morgan fingerprint density at radius 2 is 1.95 bits per heavy atom. The van der Waals surface area contributed by atoms with Crippen molar-refractivity contribution >= 4 is 5.91 Å². The Balaban J connectivity index is 1.59. The highest BCUT2D eigenvalue weighted by atomic mass is 16.5. The van der Waals surface area contributed by atoms with Crippen LogP contribution in [0.5, 0.6) is 0 Å². The van der Waals surface area contributed by atoms with E-state index in [-0.39, 0.29) is 5.91 Å². The summed E-state index contributed by atoms with van der Waals surface area (Å²) in [5.41, 5.74) is 0. The minimum atomic E-state index is -0.409. The minimum Gasteiger partial charge on any atom is -0.389 e. The van der Waals surface area contributed by atoms with Gasteiger partial charge in [0.1, 0.15) is 0 Å². The van der Waals surface area contributed by atoms with Crippen LogP contribution in [-0.4, -0.2) is 60.9 Å². The largest absolute Gasteiger partial charge is 0.389 e. The lowest BCUT2D eigenvalue weighted by atomic mass is 10.0. The summed E-state index contributed by atoms with van der Waals surface area (Å²) in [6.45, 7) is 5.55. The fraction of sp³-hybridized carbons (Fsp3) is 0.941. The van der Waals surface area contributed by atoms with E-state index in [0.29, 0.717) is 38.1 Å². The average molecular weight is 312 g/mol. The molecule has 0 radical (unpaired) electrons. The predicted molar refractivity (Wildman–Crippen MR) is 86.7 cm³/mol. The number of carbonyl (C=O) groups excluding carboxylic acids is 1. The fourth-order valence-corrected chi connectivity index (χ4v) is 3.63. The van der Waals surface area contributed by atoms with Crippen molar-refractivity contribution in [1.29, 1.82) is 0 Å². The molecule has 1 saturated heterocycles. The number of nitrogens with zero attached hydrogens (tertiary/aromatic N) is 1. The molecule has 0 aromatic carbocycles. The number of ether oxygens (including phenoxy) is 1. The first-order valence-electron chi connectivity index (χ1n) is 8.95. The number of β-amino-alcohol motifs (C(OH)–C–C–N with tert-alkyl or cyclic N) is 1. The Labute approximate surface area is 134 Å². The number of hydrogen-bond donors (Lipinski definition) is 2. The SMILES string of the molecule is CCOC[C@@H](O)CN1CCC(NC(=O)CC2CCCC2)CC1. The second-order valence-corrected chi connectivity index (χ2v) is 6.81. The molecular weight excluding hydrogens is 280 g/mol. The molecule has 0 bridgehead atoms. The first-order chi connectivity index (χ1) is 10.7. The molecule has 0 spiro atoms. The van der Waals surface area contributed by atoms with E-state index in [0.717, 1.165) is 25.9 Å². The monoisotopic (exact) mass is 312 g/mol. The topological polar surface area (TPSA) is 61.8 Å². The summed E-state index contributed by atoms with van der Waals surface area (Å²) in [5, 5.41) is 13.1. The van der Waals surface area contributed by atoms with Gasteiger partial charge in [-0.2, -0.15) is 0 Å². The first kappa shape index (κ1) is 17.7. The van der Waals surface area contributed by atoms with Gasteiger partial charge in [0.15, 0.2) is 0 Å². The first-order valence-corrected chi connectivity index (χ1v) is 8.95. The standard InChI is InChI=1S/C17H32N2O3/c1-2-22-13-16(20)12-19-9-7-15(8-10-19)18-17(21)11-14-5-3-4-6-14/h14-16,20H,2-13H2,1H3,(H,18,21)/t16-/m0/s1. The Bertz CT molecular complexity index is 324. The third-order valence-corrected chi connectivity index (χ3v) is 4.88. The van der Waals surface area contributed by atoms with Gasteiger partial charge in [-0.25, -0.2) is 0 Å². The van der Waals surface area contributed by atoms with E-state index in [2.05, 4.69) is 10.2 Å². The van der Waals surface area contributed by atoms with Crippen molar-refractivity contribution < 1.29 is 14.6 Å². The van der Waals surface area contributed by atoms with E-state index >= 15 is 0 Å². The average Bonchev–Trinajstić information content (AvgIpc) is 3.00. The molecule has 1 amide bonds. The second kappa shape index (κ2) is 9.48. The number of likely N-dealkylation sites (tertiary alicyclic amines) is 1. The van der Waals surface area contributed by atoms with Crippen LogP contribution in [0.4, 0.5) is 0 Å². The van der Waals surface area contributed by atoms with Crippen LogP contribution in [-0.2, 0) is 9.53 Å². The highest BCUT2D eigenvalue weighted by molar-refractivity contribution is 5.76. The lowest BCUT2D eigenvalue weighted by Crippen LogP contribution is -2.47. The van der Waals surface area contributed by atoms with E-state index in [9.17, 15) is 9.90 Å². The Morgan fingerprint density at radius 3 is 2.59 bits per heavy atom. The van der Waals surface area contributed by atoms with Crippen molar-refractivity contribution in [3.8, 4) is 0 Å². The fourth-order valence-electron chi connectivity index (χ4n) is 3.63. The zero-order chi connectivity index (χ0) is 15.8. The predicted octanol–water partition coefficient (Wildman–Crippen LogP) is 1.54. The number of carbonyl (C=O) groups is 1. The minimum absolute atomic E-state index is 0.238. The van der Waals surface area contributed by atoms with Crippen LogP contribution in [0.15, 0.2) is 0 Å². The summed E-state index contributed by atoms with van der Waals surface area (Å²) in [7, 11) is 0. The molecular formula is C17H32N2O3. The maximum absolute atomic E-state index is 12.1. The molecule has 2 N–H and O–H groups in total. The van der Waals surface area contributed by atoms with E-state index in [1.54, 1.807) is 0 Å². The molecule has 2 fully saturated rings. The molecule has 0 unspecified atom stereocenters. The summed E-state index contributed by atoms with van der Waals surface area (Å²) >= 11 is 0. The molecule has 1 aliphatic heterocycles. The molecule has 1 heterocycles. The van der Waals surface area contributed by atoms with Gasteiger partial charge in [-0.1, -0.05) is 12.8 Å². The normalized spacial score (nSPS) is 22.8. The number of nitrogens with one attached hydrogen (secondary N) is 1. The summed E-state index contributed by atoms with van der Waals surface area (Å²) < 4.78 is 5.24. The number of rotatable bonds is 8. The molecule has 2 aliphatic rings. The van der Waals surface area contributed by atoms with Crippen molar-refractivity contribution in [3.05, 3.63) is 0 Å². The van der Waals surface area contributed by atoms with Crippen LogP contribution in [0.2, 0.25) is 0 Å². The van der Waals surface area contributed by atoms with Gasteiger partial charge in [-0.3, -0.25) is 4.79 Å². The second-order valence-electron chi connectivity index (χ2n) is 6.81. The van der Waals surface area contributed by atoms with Crippen molar-refractivity contribution in [2.45, 2.75) is 64.0 Å². The van der Waals surface area contributed by atoms with Gasteiger partial charge in [-0.15, -0.1) is 0 Å². The Kier molecular flexibility index (Phi) is 7.63. The van der Waals surface area contributed by atoms with Gasteiger partial charge >= 0.3 is 0 Å². The zero-order valence-electron chi connectivity index (χ0n) is 13.9. The van der Waals surface area contributed by atoms with E-state index in [4.69, 9.17) is 4.74 Å². The van der Waals surface area contributed by atoms with Gasteiger partial charge in [0.05, 0.1) is 12.7 Å². The third-order valence-electron chi connectivity index (χ3n) is 4.88. The van der Waals surface area contributed by atoms with Crippen LogP contribution in [0.3, 0.4) is 0 Å². The Hall–Kier alpha value is -0.650. The lowest BCUT2D eigenvalue weighted by molar-refractivity contribution is -0.123. The van der Waals surface area contributed by atoms with Crippen LogP contribution in [0.1, 0.15) is 51.9 Å². The maximum atomic E-state index is 12.1. The molecule has 1 aliphatic carbocycles. The quantitative estimate of drug-likeness (QED) is 0.714. The number of piperidine rings is 1. The van der Waals surface area contributed by atoms with Crippen LogP contribution >= 0.6 is 0 Å². The number of aliphatic hydroxyl groups is 1. The highest BCUT2D eigenvalue weighted by Gasteiger charge is 2.24. The van der Waals surface area contributed by atoms with Gasteiger partial charge < -0.3 is 20.1 Å². The third kappa shape index (κ3) is 6.23. The van der Waals surface area contributed by atoms with Gasteiger partial charge in [0.25, 0.3) is 0 Å². The van der Waals surface area contributed by atoms with Crippen LogP contribution in [0, 0.1) is 5.92 Å². The van der Waals surface area contributed by atoms with E-state index < -0.39 is 6.10 Å². The smallest absolute Gasteiger partial charge is 0.220 e. The number of aliphatic hydroxyl groups excluding tert-OH is 1. The van der Waals surface area contributed by atoms with Crippen LogP contribution < -0.4 is 5.32 Å². The summed E-state index contributed by atoms with van der Waals surface area (Å²) in [6.07, 6.45) is 7.31. The van der Waals surface area contributed by atoms with Gasteiger partial charge in [0, 0.05) is 38.7 Å². The van der Waals surface area contributed by atoms with Crippen molar-refractivity contribution in [3.63, 3.8) is 0 Å². The van der Waals surface area contributed by atoms with Crippen molar-refractivity contribution in [2.75, 3.05) is 32.8 Å². The molecule has 22 heavy (non-hydrogen) atoms. The molecule has 1 saturated carbocycles. The molecule has 5 heteroatoms. The molecule has 0 aromatic rings. The van der Waals surface area contributed by atoms with Gasteiger partial charge in [-0.05, 0) is 38.5 Å². The summed E-state index contributed by atoms with van der Waals surface area (Å²) in [6, 6.07) is 0.314. The Morgan fingerprint density at radius 1 is 1.27 bits per heavy atom. The number of amides is 1. The highest BCUT2D eigenvalue weighted by Crippen LogP contribution is 2.27. The van der Waals surface area contributed by atoms with Crippen molar-refractivity contribution in [2.24, 2.45) is 5.92 Å². The molecule has 5 nitrogen and oxygen atoms in total. The van der Waals surface area contributed by atoms with Crippen molar-refractivity contribution in [1.82, 2.24) is 10.2 Å². The van der Waals surface area contributed by atoms with Crippen LogP contribution in [0.25, 0.3) is 0 Å². The zero-order valence-corrected chi connectivity index (χ0v) is 13.9. The summed E-state index contributed by atoms with van der Waals surface area (Å²) in [5.74, 6) is 0.857. The van der Waals surface area contributed by atoms with E-state index in [1.165, 1.54) is 25.7 Å². The molecule has 1 atom stereocenters. The number of hydrogen-bond acceptors (Lipinski definition) is 4. The maximum Gasteiger partial charge on any atom is 0.220 e. The lowest BCUT2D eigenvalue weighted by Gasteiger charge is -2.33. The van der Waals surface area contributed by atoms with Gasteiger partial charge in [0.2, 0.25) is 5.91 Å². The summed E-state index contributed by atoms with van der Waals surface area (Å²) in [4.78, 5) is 14.3. The van der Waals surface area contributed by atoms with E-state index in [1.807, 2.05) is 6.92 Å².